The van der Waals surface area contributed by atoms with Crippen molar-refractivity contribution in [3.05, 3.63) is 12.2 Å². The molecule has 0 saturated carbocycles. The van der Waals surface area contributed by atoms with Crippen LogP contribution < -0.4 is 0 Å². The van der Waals surface area contributed by atoms with Crippen molar-refractivity contribution in [2.75, 3.05) is 0 Å². The molecule has 1 rings (SSSR count). The van der Waals surface area contributed by atoms with Crippen LogP contribution in [0, 0.1) is 0 Å². The lowest BCUT2D eigenvalue weighted by atomic mass is 10.1. The lowest BCUT2D eigenvalue weighted by Gasteiger charge is -1.93. The molecule has 0 N–H and O–H groups in total. The molecule has 3 heteroatoms. The SMILES string of the molecule is O=C1C=CCCCCC(=O)C1=O. The minimum Gasteiger partial charge on any atom is -0.290 e. The monoisotopic (exact) mass is 166 g/mol. The molecular weight excluding hydrogens is 156 g/mol. The van der Waals surface area contributed by atoms with Crippen molar-refractivity contribution in [1.29, 1.82) is 0 Å². The fraction of sp³-hybridized carbons (Fsp3) is 0.444. The first-order valence-corrected chi connectivity index (χ1v) is 4.00. The highest BCUT2D eigenvalue weighted by atomic mass is 16.2. The molecule has 0 aromatic heterocycles. The van der Waals surface area contributed by atoms with Crippen molar-refractivity contribution in [3.8, 4) is 0 Å². The predicted octanol–water partition coefficient (Wildman–Crippen LogP) is 0.824. The van der Waals surface area contributed by atoms with Crippen molar-refractivity contribution in [1.82, 2.24) is 0 Å². The molecule has 0 saturated heterocycles. The Hall–Kier alpha value is -1.25. The number of Topliss-reactive ketones (excluding diaryl/α,β-unsaturated/α-hetero) is 2. The lowest BCUT2D eigenvalue weighted by molar-refractivity contribution is -0.142. The Balaban J connectivity index is 2.75. The zero-order chi connectivity index (χ0) is 8.97. The van der Waals surface area contributed by atoms with Gasteiger partial charge in [0.2, 0.25) is 11.6 Å². The van der Waals surface area contributed by atoms with Gasteiger partial charge in [0.05, 0.1) is 0 Å². The van der Waals surface area contributed by atoms with Crippen molar-refractivity contribution < 1.29 is 14.4 Å². The minimum atomic E-state index is -0.867. The van der Waals surface area contributed by atoms with Crippen molar-refractivity contribution in [2.24, 2.45) is 0 Å². The second-order valence-corrected chi connectivity index (χ2v) is 2.76. The fourth-order valence-corrected chi connectivity index (χ4v) is 1.06. The smallest absolute Gasteiger partial charge is 0.268 e. The maximum Gasteiger partial charge on any atom is 0.268 e. The van der Waals surface area contributed by atoms with E-state index in [1.807, 2.05) is 0 Å². The first-order chi connectivity index (χ1) is 5.72. The van der Waals surface area contributed by atoms with Gasteiger partial charge >= 0.3 is 0 Å². The van der Waals surface area contributed by atoms with E-state index in [1.54, 1.807) is 6.08 Å². The van der Waals surface area contributed by atoms with E-state index in [0.717, 1.165) is 12.8 Å². The first kappa shape index (κ1) is 8.84. The Bertz CT molecular complexity index is 250. The van der Waals surface area contributed by atoms with E-state index < -0.39 is 17.3 Å². The third-order valence-corrected chi connectivity index (χ3v) is 1.77. The highest BCUT2D eigenvalue weighted by molar-refractivity contribution is 6.66. The Kier molecular flexibility index (Phi) is 2.91. The van der Waals surface area contributed by atoms with E-state index in [9.17, 15) is 14.4 Å². The largest absolute Gasteiger partial charge is 0.290 e. The van der Waals surface area contributed by atoms with Crippen molar-refractivity contribution >= 4 is 17.3 Å². The Morgan fingerprint density at radius 3 is 2.58 bits per heavy atom. The fourth-order valence-electron chi connectivity index (χ4n) is 1.06. The van der Waals surface area contributed by atoms with Crippen molar-refractivity contribution in [2.45, 2.75) is 25.7 Å². The molecular formula is C9H10O3. The highest BCUT2D eigenvalue weighted by Crippen LogP contribution is 2.05. The van der Waals surface area contributed by atoms with Crippen LogP contribution >= 0.6 is 0 Å². The van der Waals surface area contributed by atoms with E-state index in [4.69, 9.17) is 0 Å². The molecule has 12 heavy (non-hydrogen) atoms. The predicted molar refractivity (Wildman–Crippen MR) is 42.6 cm³/mol. The summed E-state index contributed by atoms with van der Waals surface area (Å²) in [5.41, 5.74) is 0. The Morgan fingerprint density at radius 1 is 1.08 bits per heavy atom. The number of hydrogen-bond donors (Lipinski definition) is 0. The van der Waals surface area contributed by atoms with Gasteiger partial charge in [-0.2, -0.15) is 0 Å². The zero-order valence-electron chi connectivity index (χ0n) is 6.71. The molecule has 64 valence electrons. The van der Waals surface area contributed by atoms with Gasteiger partial charge in [0, 0.05) is 6.42 Å². The number of hydrogen-bond acceptors (Lipinski definition) is 3. The van der Waals surface area contributed by atoms with Crippen LogP contribution in [0.1, 0.15) is 25.7 Å². The van der Waals surface area contributed by atoms with E-state index in [1.165, 1.54) is 6.08 Å². The molecule has 0 spiro atoms. The van der Waals surface area contributed by atoms with Crippen LogP contribution in [-0.4, -0.2) is 17.3 Å². The molecule has 1 aliphatic rings. The molecule has 1 aliphatic carbocycles. The molecule has 0 fully saturated rings. The van der Waals surface area contributed by atoms with Gasteiger partial charge in [-0.15, -0.1) is 0 Å². The summed E-state index contributed by atoms with van der Waals surface area (Å²) in [6.07, 6.45) is 5.40. The minimum absolute atomic E-state index is 0.215. The summed E-state index contributed by atoms with van der Waals surface area (Å²) in [5.74, 6) is -2.10. The molecule has 0 bridgehead atoms. The van der Waals surface area contributed by atoms with Gasteiger partial charge in [0.1, 0.15) is 0 Å². The van der Waals surface area contributed by atoms with Crippen LogP contribution in [0.5, 0.6) is 0 Å². The van der Waals surface area contributed by atoms with Gasteiger partial charge in [-0.1, -0.05) is 6.08 Å². The zero-order valence-corrected chi connectivity index (χ0v) is 6.71. The molecule has 0 unspecified atom stereocenters. The summed E-state index contributed by atoms with van der Waals surface area (Å²) in [6.45, 7) is 0. The number of carbonyl (C=O) groups excluding carboxylic acids is 3. The molecule has 0 atom stereocenters. The van der Waals surface area contributed by atoms with Gasteiger partial charge in [0.15, 0.2) is 0 Å². The van der Waals surface area contributed by atoms with Gasteiger partial charge in [-0.3, -0.25) is 14.4 Å². The van der Waals surface area contributed by atoms with E-state index in [2.05, 4.69) is 0 Å². The average Bonchev–Trinajstić information content (AvgIpc) is 2.12. The summed E-state index contributed by atoms with van der Waals surface area (Å²) >= 11 is 0. The summed E-state index contributed by atoms with van der Waals surface area (Å²) in [6, 6.07) is 0. The maximum atomic E-state index is 10.9. The number of rotatable bonds is 0. The number of allylic oxidation sites excluding steroid dienone is 2. The van der Waals surface area contributed by atoms with E-state index in [-0.39, 0.29) is 6.42 Å². The molecule has 0 radical (unpaired) electrons. The van der Waals surface area contributed by atoms with Gasteiger partial charge in [0.25, 0.3) is 5.78 Å². The summed E-state index contributed by atoms with van der Waals surface area (Å²) in [7, 11) is 0. The van der Waals surface area contributed by atoms with Crippen LogP contribution in [0.15, 0.2) is 12.2 Å². The molecule has 0 heterocycles. The van der Waals surface area contributed by atoms with E-state index in [0.29, 0.717) is 6.42 Å². The molecule has 0 aliphatic heterocycles. The third-order valence-electron chi connectivity index (χ3n) is 1.77. The van der Waals surface area contributed by atoms with Crippen LogP contribution in [0.2, 0.25) is 0 Å². The molecule has 0 aromatic carbocycles. The van der Waals surface area contributed by atoms with Gasteiger partial charge in [-0.05, 0) is 25.3 Å². The quantitative estimate of drug-likeness (QED) is 0.501. The van der Waals surface area contributed by atoms with Crippen molar-refractivity contribution in [3.63, 3.8) is 0 Å². The molecule has 0 amide bonds. The highest BCUT2D eigenvalue weighted by Gasteiger charge is 2.19. The Morgan fingerprint density at radius 2 is 1.83 bits per heavy atom. The van der Waals surface area contributed by atoms with Crippen LogP contribution in [0.25, 0.3) is 0 Å². The third kappa shape index (κ3) is 2.12. The Labute approximate surface area is 70.4 Å². The first-order valence-electron chi connectivity index (χ1n) is 4.00. The summed E-state index contributed by atoms with van der Waals surface area (Å²) in [4.78, 5) is 32.7. The van der Waals surface area contributed by atoms with Crippen LogP contribution in [0.3, 0.4) is 0 Å². The topological polar surface area (TPSA) is 51.2 Å². The van der Waals surface area contributed by atoms with Crippen LogP contribution in [-0.2, 0) is 14.4 Å². The van der Waals surface area contributed by atoms with Gasteiger partial charge in [-0.25, -0.2) is 0 Å². The van der Waals surface area contributed by atoms with Crippen LogP contribution in [0.4, 0.5) is 0 Å². The number of carbonyl (C=O) groups is 3. The summed E-state index contributed by atoms with van der Waals surface area (Å²) in [5, 5.41) is 0. The molecule has 3 nitrogen and oxygen atoms in total. The average molecular weight is 166 g/mol. The van der Waals surface area contributed by atoms with Gasteiger partial charge < -0.3 is 0 Å². The standard InChI is InChI=1S/C9H10O3/c10-7-5-3-1-2-4-6-8(11)9(7)12/h3,5H,1-2,4,6H2. The summed E-state index contributed by atoms with van der Waals surface area (Å²) < 4.78 is 0. The second kappa shape index (κ2) is 3.95. The van der Waals surface area contributed by atoms with E-state index >= 15 is 0 Å². The number of ketones is 3. The molecule has 0 aromatic rings. The normalized spacial score (nSPS) is 20.2. The lowest BCUT2D eigenvalue weighted by Crippen LogP contribution is -2.21. The second-order valence-electron chi connectivity index (χ2n) is 2.76. The maximum absolute atomic E-state index is 10.9.